The van der Waals surface area contributed by atoms with Crippen molar-refractivity contribution < 1.29 is 9.59 Å². The van der Waals surface area contributed by atoms with E-state index in [0.29, 0.717) is 12.4 Å². The molecule has 1 fully saturated rings. The first-order valence-corrected chi connectivity index (χ1v) is 6.35. The van der Waals surface area contributed by atoms with E-state index < -0.39 is 0 Å². The van der Waals surface area contributed by atoms with Crippen molar-refractivity contribution in [3.63, 3.8) is 0 Å². The van der Waals surface area contributed by atoms with E-state index >= 15 is 0 Å². The van der Waals surface area contributed by atoms with Gasteiger partial charge in [0.25, 0.3) is 0 Å². The van der Waals surface area contributed by atoms with Crippen LogP contribution in [0.1, 0.15) is 5.56 Å². The molecule has 6 nitrogen and oxygen atoms in total. The Morgan fingerprint density at radius 3 is 2.80 bits per heavy atom. The van der Waals surface area contributed by atoms with E-state index in [4.69, 9.17) is 0 Å². The first-order valence-electron chi connectivity index (χ1n) is 6.35. The second-order valence-corrected chi connectivity index (χ2v) is 4.62. The van der Waals surface area contributed by atoms with Crippen molar-refractivity contribution in [1.29, 1.82) is 0 Å². The number of carbonyl (C=O) groups is 2. The Morgan fingerprint density at radius 2 is 2.00 bits per heavy atom. The van der Waals surface area contributed by atoms with E-state index in [1.54, 1.807) is 12.5 Å². The van der Waals surface area contributed by atoms with E-state index in [9.17, 15) is 9.59 Å². The van der Waals surface area contributed by atoms with Crippen LogP contribution in [0.4, 0.5) is 5.82 Å². The summed E-state index contributed by atoms with van der Waals surface area (Å²) < 4.78 is 1.87. The standard InChI is InChI=1S/C14H14N4O2/c19-12-9-18(14(20)7-16-12)13-6-15-10-17(13)8-11-4-2-1-3-5-11/h1-6,10H,7-9H2,(H,16,19). The molecule has 0 unspecified atom stereocenters. The second kappa shape index (κ2) is 5.16. The van der Waals surface area contributed by atoms with Crippen LogP contribution in [0.25, 0.3) is 0 Å². The predicted molar refractivity (Wildman–Crippen MR) is 73.1 cm³/mol. The van der Waals surface area contributed by atoms with Crippen molar-refractivity contribution in [2.24, 2.45) is 0 Å². The van der Waals surface area contributed by atoms with Gasteiger partial charge in [0, 0.05) is 0 Å². The predicted octanol–water partition coefficient (Wildman–Crippen LogP) is 0.394. The van der Waals surface area contributed by atoms with Crippen molar-refractivity contribution in [1.82, 2.24) is 14.9 Å². The zero-order chi connectivity index (χ0) is 13.9. The number of piperazine rings is 1. The average molecular weight is 270 g/mol. The fraction of sp³-hybridized carbons (Fsp3) is 0.214. The molecule has 1 aromatic carbocycles. The third-order valence-corrected chi connectivity index (χ3v) is 3.20. The number of anilines is 1. The van der Waals surface area contributed by atoms with Crippen LogP contribution < -0.4 is 10.2 Å². The molecule has 20 heavy (non-hydrogen) atoms. The van der Waals surface area contributed by atoms with E-state index in [2.05, 4.69) is 10.3 Å². The quantitative estimate of drug-likeness (QED) is 0.877. The summed E-state index contributed by atoms with van der Waals surface area (Å²) in [6.07, 6.45) is 3.28. The molecule has 0 saturated carbocycles. The summed E-state index contributed by atoms with van der Waals surface area (Å²) in [7, 11) is 0. The van der Waals surface area contributed by atoms with Gasteiger partial charge in [-0.2, -0.15) is 0 Å². The van der Waals surface area contributed by atoms with Crippen molar-refractivity contribution in [3.05, 3.63) is 48.4 Å². The molecule has 3 rings (SSSR count). The lowest BCUT2D eigenvalue weighted by molar-refractivity contribution is -0.128. The molecule has 6 heteroatoms. The van der Waals surface area contributed by atoms with Crippen LogP contribution in [0.3, 0.4) is 0 Å². The van der Waals surface area contributed by atoms with Crippen LogP contribution in [0.5, 0.6) is 0 Å². The lowest BCUT2D eigenvalue weighted by Crippen LogP contribution is -2.52. The number of hydrogen-bond donors (Lipinski definition) is 1. The average Bonchev–Trinajstić information content (AvgIpc) is 2.91. The maximum absolute atomic E-state index is 11.9. The number of aromatic nitrogens is 2. The molecule has 1 N–H and O–H groups in total. The van der Waals surface area contributed by atoms with Crippen molar-refractivity contribution >= 4 is 17.6 Å². The Balaban J connectivity index is 1.86. The van der Waals surface area contributed by atoms with Gasteiger partial charge < -0.3 is 9.88 Å². The molecule has 0 bridgehead atoms. The van der Waals surface area contributed by atoms with Crippen LogP contribution in [-0.4, -0.2) is 34.5 Å². The number of nitrogens with one attached hydrogen (secondary N) is 1. The number of hydrogen-bond acceptors (Lipinski definition) is 3. The van der Waals surface area contributed by atoms with E-state index in [-0.39, 0.29) is 24.9 Å². The zero-order valence-electron chi connectivity index (χ0n) is 10.8. The molecule has 0 spiro atoms. The molecule has 2 aromatic rings. The van der Waals surface area contributed by atoms with Crippen molar-refractivity contribution in [3.8, 4) is 0 Å². The highest BCUT2D eigenvalue weighted by molar-refractivity contribution is 6.03. The highest BCUT2D eigenvalue weighted by Crippen LogP contribution is 2.17. The summed E-state index contributed by atoms with van der Waals surface area (Å²) in [5.41, 5.74) is 1.11. The third kappa shape index (κ3) is 2.40. The first-order chi connectivity index (χ1) is 9.74. The Bertz CT molecular complexity index is 636. The Kier molecular flexibility index (Phi) is 3.20. The fourth-order valence-corrected chi connectivity index (χ4v) is 2.21. The highest BCUT2D eigenvalue weighted by atomic mass is 16.2. The van der Waals surface area contributed by atoms with Gasteiger partial charge in [0.15, 0.2) is 0 Å². The normalized spacial score (nSPS) is 15.3. The van der Waals surface area contributed by atoms with Crippen LogP contribution in [0.2, 0.25) is 0 Å². The number of benzene rings is 1. The minimum absolute atomic E-state index is 0.0371. The fourth-order valence-electron chi connectivity index (χ4n) is 2.21. The Labute approximate surface area is 116 Å². The molecule has 2 amide bonds. The number of amides is 2. The van der Waals surface area contributed by atoms with Crippen LogP contribution >= 0.6 is 0 Å². The van der Waals surface area contributed by atoms with Gasteiger partial charge in [0.1, 0.15) is 12.4 Å². The van der Waals surface area contributed by atoms with E-state index in [1.807, 2.05) is 34.9 Å². The van der Waals surface area contributed by atoms with Crippen molar-refractivity contribution in [2.45, 2.75) is 6.54 Å². The Morgan fingerprint density at radius 1 is 1.20 bits per heavy atom. The number of nitrogens with zero attached hydrogens (tertiary/aromatic N) is 3. The summed E-state index contributed by atoms with van der Waals surface area (Å²) in [6.45, 7) is 0.691. The largest absolute Gasteiger partial charge is 0.345 e. The summed E-state index contributed by atoms with van der Waals surface area (Å²) >= 11 is 0. The number of imidazole rings is 1. The summed E-state index contributed by atoms with van der Waals surface area (Å²) in [4.78, 5) is 28.9. The van der Waals surface area contributed by atoms with Gasteiger partial charge in [0.05, 0.1) is 25.6 Å². The van der Waals surface area contributed by atoms with E-state index in [0.717, 1.165) is 5.56 Å². The summed E-state index contributed by atoms with van der Waals surface area (Å²) in [5, 5.41) is 2.53. The molecule has 2 heterocycles. The topological polar surface area (TPSA) is 67.2 Å². The summed E-state index contributed by atoms with van der Waals surface area (Å²) in [5.74, 6) is 0.366. The molecule has 1 aliphatic rings. The minimum atomic E-state index is -0.155. The van der Waals surface area contributed by atoms with Crippen LogP contribution in [0.15, 0.2) is 42.9 Å². The summed E-state index contributed by atoms with van der Waals surface area (Å²) in [6, 6.07) is 9.90. The highest BCUT2D eigenvalue weighted by Gasteiger charge is 2.26. The number of carbonyl (C=O) groups excluding carboxylic acids is 2. The molecule has 0 atom stereocenters. The zero-order valence-corrected chi connectivity index (χ0v) is 10.8. The maximum atomic E-state index is 11.9. The molecule has 1 aliphatic heterocycles. The van der Waals surface area contributed by atoms with Gasteiger partial charge >= 0.3 is 0 Å². The van der Waals surface area contributed by atoms with Gasteiger partial charge in [-0.1, -0.05) is 30.3 Å². The molecule has 102 valence electrons. The number of rotatable bonds is 3. The molecular formula is C14H14N4O2. The monoisotopic (exact) mass is 270 g/mol. The van der Waals surface area contributed by atoms with Crippen LogP contribution in [-0.2, 0) is 16.1 Å². The van der Waals surface area contributed by atoms with Gasteiger partial charge in [-0.25, -0.2) is 4.98 Å². The molecule has 0 aliphatic carbocycles. The second-order valence-electron chi connectivity index (χ2n) is 4.62. The van der Waals surface area contributed by atoms with Gasteiger partial charge in [-0.05, 0) is 5.56 Å². The van der Waals surface area contributed by atoms with Crippen LogP contribution in [0, 0.1) is 0 Å². The minimum Gasteiger partial charge on any atom is -0.345 e. The van der Waals surface area contributed by atoms with Gasteiger partial charge in [0.2, 0.25) is 11.8 Å². The third-order valence-electron chi connectivity index (χ3n) is 3.20. The maximum Gasteiger partial charge on any atom is 0.248 e. The SMILES string of the molecule is O=C1CN(c2cncn2Cc2ccccc2)C(=O)CN1. The van der Waals surface area contributed by atoms with Crippen molar-refractivity contribution in [2.75, 3.05) is 18.0 Å². The smallest absolute Gasteiger partial charge is 0.248 e. The first kappa shape index (κ1) is 12.4. The lowest BCUT2D eigenvalue weighted by atomic mass is 10.2. The molecule has 1 saturated heterocycles. The molecule has 1 aromatic heterocycles. The van der Waals surface area contributed by atoms with Gasteiger partial charge in [-0.3, -0.25) is 14.5 Å². The van der Waals surface area contributed by atoms with Gasteiger partial charge in [-0.15, -0.1) is 0 Å². The van der Waals surface area contributed by atoms with E-state index in [1.165, 1.54) is 4.90 Å². The molecule has 0 radical (unpaired) electrons. The Hall–Kier alpha value is -2.63. The lowest BCUT2D eigenvalue weighted by Gasteiger charge is -2.27. The molecular weight excluding hydrogens is 256 g/mol.